The Balaban J connectivity index is 1.68. The molecule has 0 radical (unpaired) electrons. The van der Waals surface area contributed by atoms with Gasteiger partial charge in [0, 0.05) is 24.2 Å². The Morgan fingerprint density at radius 1 is 1.21 bits per heavy atom. The maximum Gasteiger partial charge on any atom is 0.229 e. The van der Waals surface area contributed by atoms with Crippen LogP contribution >= 0.6 is 0 Å². The van der Waals surface area contributed by atoms with Gasteiger partial charge in [-0.05, 0) is 44.0 Å². The summed E-state index contributed by atoms with van der Waals surface area (Å²) in [6.45, 7) is 1.87. The Kier molecular flexibility index (Phi) is 3.52. The van der Waals surface area contributed by atoms with Crippen LogP contribution in [0, 0.1) is 12.8 Å². The number of hydrogen-bond acceptors (Lipinski definition) is 4. The predicted molar refractivity (Wildman–Crippen MR) is 91.7 cm³/mol. The van der Waals surface area contributed by atoms with Crippen LogP contribution in [0.3, 0.4) is 0 Å². The van der Waals surface area contributed by atoms with E-state index in [2.05, 4.69) is 15.3 Å². The second kappa shape index (κ2) is 5.70. The van der Waals surface area contributed by atoms with E-state index in [4.69, 9.17) is 0 Å². The summed E-state index contributed by atoms with van der Waals surface area (Å²) in [6.07, 6.45) is 3.18. The first-order valence-corrected chi connectivity index (χ1v) is 8.20. The van der Waals surface area contributed by atoms with Crippen molar-refractivity contribution in [2.75, 3.05) is 11.9 Å². The number of carbonyl (C=O) groups excluding carboxylic acids is 1. The van der Waals surface area contributed by atoms with Gasteiger partial charge in [0.05, 0.1) is 5.69 Å². The molecule has 122 valence electrons. The summed E-state index contributed by atoms with van der Waals surface area (Å²) in [7, 11) is 1.85. The number of benzene rings is 1. The van der Waals surface area contributed by atoms with Crippen molar-refractivity contribution in [1.29, 1.82) is 0 Å². The molecule has 1 aliphatic rings. The zero-order chi connectivity index (χ0) is 16.7. The Hall–Kier alpha value is -2.76. The van der Waals surface area contributed by atoms with Gasteiger partial charge in [0.1, 0.15) is 0 Å². The van der Waals surface area contributed by atoms with Crippen molar-refractivity contribution in [3.05, 3.63) is 42.2 Å². The highest BCUT2D eigenvalue weighted by atomic mass is 16.2. The van der Waals surface area contributed by atoms with E-state index in [9.17, 15) is 4.79 Å². The van der Waals surface area contributed by atoms with Crippen molar-refractivity contribution < 1.29 is 4.79 Å². The maximum atomic E-state index is 12.4. The smallest absolute Gasteiger partial charge is 0.229 e. The van der Waals surface area contributed by atoms with Crippen molar-refractivity contribution in [3.63, 3.8) is 0 Å². The van der Waals surface area contributed by atoms with Crippen LogP contribution < -0.4 is 4.90 Å². The number of rotatable bonds is 3. The van der Waals surface area contributed by atoms with Crippen LogP contribution in [0.1, 0.15) is 25.1 Å². The van der Waals surface area contributed by atoms with Crippen LogP contribution in [-0.2, 0) is 4.79 Å². The molecule has 1 saturated carbocycles. The lowest BCUT2D eigenvalue weighted by molar-refractivity contribution is -0.124. The molecule has 6 nitrogen and oxygen atoms in total. The second-order valence-electron chi connectivity index (χ2n) is 6.31. The summed E-state index contributed by atoms with van der Waals surface area (Å²) in [6, 6.07) is 11.8. The minimum absolute atomic E-state index is 0.188. The predicted octanol–water partition coefficient (Wildman–Crippen LogP) is 2.86. The Bertz CT molecular complexity index is 913. The lowest BCUT2D eigenvalue weighted by Gasteiger charge is -2.29. The highest BCUT2D eigenvalue weighted by molar-refractivity contribution is 5.95. The lowest BCUT2D eigenvalue weighted by Crippen LogP contribution is -2.36. The number of aromatic nitrogens is 4. The highest BCUT2D eigenvalue weighted by Crippen LogP contribution is 2.30. The molecule has 0 bridgehead atoms. The second-order valence-corrected chi connectivity index (χ2v) is 6.31. The number of carbonyl (C=O) groups is 1. The fraction of sp³-hybridized carbons (Fsp3) is 0.333. The van der Waals surface area contributed by atoms with Crippen LogP contribution in [0.25, 0.3) is 16.9 Å². The summed E-state index contributed by atoms with van der Waals surface area (Å²) >= 11 is 0. The molecule has 2 aromatic heterocycles. The molecule has 1 aliphatic carbocycles. The monoisotopic (exact) mass is 321 g/mol. The summed E-state index contributed by atoms with van der Waals surface area (Å²) in [5.41, 5.74) is 3.42. The fourth-order valence-corrected chi connectivity index (χ4v) is 2.98. The van der Waals surface area contributed by atoms with E-state index in [1.807, 2.05) is 50.4 Å². The quantitative estimate of drug-likeness (QED) is 0.744. The van der Waals surface area contributed by atoms with Gasteiger partial charge in [0.25, 0.3) is 0 Å². The Morgan fingerprint density at radius 3 is 2.79 bits per heavy atom. The molecule has 6 heteroatoms. The molecule has 24 heavy (non-hydrogen) atoms. The van der Waals surface area contributed by atoms with Crippen LogP contribution in [-0.4, -0.2) is 32.8 Å². The molecule has 0 N–H and O–H groups in total. The van der Waals surface area contributed by atoms with Crippen molar-refractivity contribution >= 4 is 17.2 Å². The van der Waals surface area contributed by atoms with Crippen LogP contribution in [0.5, 0.6) is 0 Å². The first-order chi connectivity index (χ1) is 11.6. The molecule has 1 aromatic carbocycles. The van der Waals surface area contributed by atoms with Crippen LogP contribution in [0.2, 0.25) is 0 Å². The lowest BCUT2D eigenvalue weighted by atomic mass is 9.84. The molecular weight excluding hydrogens is 302 g/mol. The first-order valence-electron chi connectivity index (χ1n) is 8.20. The average Bonchev–Trinajstić information content (AvgIpc) is 2.93. The third-order valence-electron chi connectivity index (χ3n) is 4.73. The van der Waals surface area contributed by atoms with E-state index in [-0.39, 0.29) is 11.8 Å². The summed E-state index contributed by atoms with van der Waals surface area (Å²) in [5.74, 6) is 1.14. The molecule has 3 aromatic rings. The third-order valence-corrected chi connectivity index (χ3v) is 4.73. The number of anilines is 1. The number of nitrogens with zero attached hydrogens (tertiary/aromatic N) is 5. The molecule has 0 atom stereocenters. The van der Waals surface area contributed by atoms with Gasteiger partial charge < -0.3 is 4.90 Å². The molecule has 1 amide bonds. The third kappa shape index (κ3) is 2.44. The van der Waals surface area contributed by atoms with Crippen LogP contribution in [0.15, 0.2) is 36.4 Å². The molecular formula is C18H19N5O. The topological polar surface area (TPSA) is 63.4 Å². The largest absolute Gasteiger partial charge is 0.315 e. The Labute approximate surface area is 140 Å². The number of aryl methyl sites for hydroxylation is 1. The Morgan fingerprint density at radius 2 is 2.04 bits per heavy atom. The number of hydrogen-bond donors (Lipinski definition) is 0. The van der Waals surface area contributed by atoms with Crippen LogP contribution in [0.4, 0.5) is 5.69 Å². The number of fused-ring (bicyclic) bond motifs is 1. The van der Waals surface area contributed by atoms with Gasteiger partial charge in [-0.25, -0.2) is 0 Å². The van der Waals surface area contributed by atoms with Gasteiger partial charge in [-0.15, -0.1) is 10.2 Å². The van der Waals surface area contributed by atoms with Crippen molar-refractivity contribution in [2.45, 2.75) is 26.2 Å². The van der Waals surface area contributed by atoms with Gasteiger partial charge in [-0.1, -0.05) is 18.6 Å². The maximum absolute atomic E-state index is 12.4. The summed E-state index contributed by atoms with van der Waals surface area (Å²) in [5, 5.41) is 12.7. The molecule has 0 unspecified atom stereocenters. The van der Waals surface area contributed by atoms with Gasteiger partial charge in [0.2, 0.25) is 5.91 Å². The average molecular weight is 321 g/mol. The summed E-state index contributed by atoms with van der Waals surface area (Å²) < 4.78 is 1.73. The van der Waals surface area contributed by atoms with Crippen molar-refractivity contribution in [3.8, 4) is 11.3 Å². The molecule has 0 saturated heterocycles. The standard InChI is InChI=1S/C18H19N5O/c1-12-19-20-17-10-9-16(21-23(12)17)14-7-4-8-15(11-14)22(2)18(24)13-5-3-6-13/h4,7-11,13H,3,5-6H2,1-2H3. The molecule has 1 fully saturated rings. The van der Waals surface area contributed by atoms with Gasteiger partial charge in [0.15, 0.2) is 11.5 Å². The van der Waals surface area contributed by atoms with Gasteiger partial charge >= 0.3 is 0 Å². The normalized spacial score (nSPS) is 14.6. The highest BCUT2D eigenvalue weighted by Gasteiger charge is 2.28. The minimum atomic E-state index is 0.188. The van der Waals surface area contributed by atoms with E-state index in [1.165, 1.54) is 0 Å². The van der Waals surface area contributed by atoms with E-state index >= 15 is 0 Å². The van der Waals surface area contributed by atoms with Crippen molar-refractivity contribution in [2.24, 2.45) is 5.92 Å². The molecule has 0 aliphatic heterocycles. The van der Waals surface area contributed by atoms with Gasteiger partial charge in [-0.3, -0.25) is 4.79 Å². The number of amides is 1. The van der Waals surface area contributed by atoms with E-state index in [0.717, 1.165) is 47.7 Å². The SMILES string of the molecule is Cc1nnc2ccc(-c3cccc(N(C)C(=O)C4CCC4)c3)nn12. The van der Waals surface area contributed by atoms with E-state index in [1.54, 1.807) is 9.42 Å². The molecule has 0 spiro atoms. The van der Waals surface area contributed by atoms with Crippen molar-refractivity contribution in [1.82, 2.24) is 19.8 Å². The molecule has 4 rings (SSSR count). The zero-order valence-corrected chi connectivity index (χ0v) is 13.8. The van der Waals surface area contributed by atoms with E-state index in [0.29, 0.717) is 0 Å². The fourth-order valence-electron chi connectivity index (χ4n) is 2.98. The minimum Gasteiger partial charge on any atom is -0.315 e. The zero-order valence-electron chi connectivity index (χ0n) is 13.8. The summed E-state index contributed by atoms with van der Waals surface area (Å²) in [4.78, 5) is 14.2. The van der Waals surface area contributed by atoms with Gasteiger partial charge in [-0.2, -0.15) is 9.61 Å². The van der Waals surface area contributed by atoms with E-state index < -0.39 is 0 Å². The first kappa shape index (κ1) is 14.8. The molecule has 2 heterocycles.